The number of hydrogen-bond acceptors (Lipinski definition) is 6. The summed E-state index contributed by atoms with van der Waals surface area (Å²) < 4.78 is 10.6. The highest BCUT2D eigenvalue weighted by atomic mass is 35.5. The van der Waals surface area contributed by atoms with Gasteiger partial charge in [-0.3, -0.25) is 4.98 Å². The van der Waals surface area contributed by atoms with Gasteiger partial charge in [0, 0.05) is 43.0 Å². The lowest BCUT2D eigenvalue weighted by atomic mass is 10.0. The Morgan fingerprint density at radius 1 is 1.08 bits per heavy atom. The zero-order chi connectivity index (χ0) is 16.9. The van der Waals surface area contributed by atoms with Crippen LogP contribution in [-0.4, -0.2) is 43.3 Å². The van der Waals surface area contributed by atoms with Gasteiger partial charge in [0.05, 0.1) is 26.6 Å². The Labute approximate surface area is 146 Å². The number of benzene rings is 1. The number of nitrogens with zero attached hydrogens (tertiary/aromatic N) is 3. The minimum absolute atomic E-state index is 0.394. The molecule has 1 aliphatic heterocycles. The number of aromatic nitrogens is 2. The topological polar surface area (TPSA) is 59.5 Å². The van der Waals surface area contributed by atoms with E-state index >= 15 is 0 Å². The Bertz CT molecular complexity index is 668. The smallest absolute Gasteiger partial charge is 0.149 e. The van der Waals surface area contributed by atoms with Gasteiger partial charge in [0.15, 0.2) is 0 Å². The minimum Gasteiger partial charge on any atom is -0.497 e. The molecule has 24 heavy (non-hydrogen) atoms. The Morgan fingerprint density at radius 2 is 1.75 bits per heavy atom. The highest BCUT2D eigenvalue weighted by Crippen LogP contribution is 2.28. The summed E-state index contributed by atoms with van der Waals surface area (Å²) in [6, 6.07) is 6.23. The lowest BCUT2D eigenvalue weighted by Crippen LogP contribution is -2.39. The molecular formula is C17H21ClN4O2. The molecule has 1 fully saturated rings. The molecule has 0 atom stereocenters. The van der Waals surface area contributed by atoms with E-state index in [-0.39, 0.29) is 0 Å². The number of halogens is 1. The van der Waals surface area contributed by atoms with Crippen LogP contribution in [0.4, 0.5) is 11.5 Å². The van der Waals surface area contributed by atoms with Crippen LogP contribution in [0.15, 0.2) is 30.6 Å². The molecule has 1 N–H and O–H groups in total. The predicted molar refractivity (Wildman–Crippen MR) is 95.4 cm³/mol. The average molecular weight is 349 g/mol. The summed E-state index contributed by atoms with van der Waals surface area (Å²) in [7, 11) is 3.31. The molecule has 1 saturated heterocycles. The number of rotatable bonds is 5. The van der Waals surface area contributed by atoms with E-state index in [1.54, 1.807) is 26.6 Å². The first-order valence-corrected chi connectivity index (χ1v) is 8.28. The zero-order valence-corrected chi connectivity index (χ0v) is 14.6. The molecule has 0 amide bonds. The van der Waals surface area contributed by atoms with Gasteiger partial charge in [0.2, 0.25) is 0 Å². The van der Waals surface area contributed by atoms with Crippen LogP contribution in [-0.2, 0) is 0 Å². The molecule has 0 bridgehead atoms. The normalized spacial score (nSPS) is 15.2. The number of methoxy groups -OCH3 is 2. The highest BCUT2D eigenvalue weighted by Gasteiger charge is 2.20. The van der Waals surface area contributed by atoms with Gasteiger partial charge in [-0.15, -0.1) is 0 Å². The second kappa shape index (κ2) is 7.57. The van der Waals surface area contributed by atoms with E-state index in [0.29, 0.717) is 11.2 Å². The fourth-order valence-corrected chi connectivity index (χ4v) is 3.01. The fourth-order valence-electron chi connectivity index (χ4n) is 2.86. The van der Waals surface area contributed by atoms with Gasteiger partial charge in [-0.1, -0.05) is 11.6 Å². The quantitative estimate of drug-likeness (QED) is 0.895. The maximum Gasteiger partial charge on any atom is 0.149 e. The van der Waals surface area contributed by atoms with Crippen LogP contribution >= 0.6 is 11.6 Å². The Hall–Kier alpha value is -2.21. The molecule has 2 heterocycles. The summed E-state index contributed by atoms with van der Waals surface area (Å²) in [5, 5.41) is 3.99. The monoisotopic (exact) mass is 348 g/mol. The van der Waals surface area contributed by atoms with Crippen molar-refractivity contribution >= 4 is 23.1 Å². The summed E-state index contributed by atoms with van der Waals surface area (Å²) in [4.78, 5) is 10.6. The number of hydrogen-bond donors (Lipinski definition) is 1. The van der Waals surface area contributed by atoms with Crippen molar-refractivity contribution in [2.24, 2.45) is 0 Å². The van der Waals surface area contributed by atoms with Crippen molar-refractivity contribution < 1.29 is 9.47 Å². The zero-order valence-electron chi connectivity index (χ0n) is 13.8. The van der Waals surface area contributed by atoms with E-state index < -0.39 is 0 Å². The van der Waals surface area contributed by atoms with Gasteiger partial charge < -0.3 is 19.7 Å². The number of anilines is 2. The van der Waals surface area contributed by atoms with Gasteiger partial charge in [-0.2, -0.15) is 0 Å². The molecule has 128 valence electrons. The summed E-state index contributed by atoms with van der Waals surface area (Å²) in [5.74, 6) is 2.40. The van der Waals surface area contributed by atoms with Gasteiger partial charge in [-0.25, -0.2) is 4.98 Å². The molecule has 0 spiro atoms. The van der Waals surface area contributed by atoms with Crippen LogP contribution < -0.4 is 19.7 Å². The van der Waals surface area contributed by atoms with Crippen molar-refractivity contribution in [1.29, 1.82) is 0 Å². The average Bonchev–Trinajstić information content (AvgIpc) is 2.62. The van der Waals surface area contributed by atoms with Crippen molar-refractivity contribution in [2.75, 3.05) is 37.5 Å². The summed E-state index contributed by atoms with van der Waals surface area (Å²) in [5.41, 5.74) is 1.01. The maximum absolute atomic E-state index is 5.92. The molecule has 2 aromatic rings. The van der Waals surface area contributed by atoms with E-state index in [9.17, 15) is 0 Å². The molecular weight excluding hydrogens is 328 g/mol. The second-order valence-electron chi connectivity index (χ2n) is 5.71. The van der Waals surface area contributed by atoms with Crippen LogP contribution in [0.5, 0.6) is 11.5 Å². The van der Waals surface area contributed by atoms with E-state index in [1.807, 2.05) is 18.2 Å². The molecule has 0 aliphatic carbocycles. The Morgan fingerprint density at radius 3 is 2.33 bits per heavy atom. The van der Waals surface area contributed by atoms with Crippen LogP contribution in [0.3, 0.4) is 0 Å². The molecule has 0 saturated carbocycles. The van der Waals surface area contributed by atoms with Crippen LogP contribution in [0.1, 0.15) is 12.8 Å². The van der Waals surface area contributed by atoms with E-state index in [1.165, 1.54) is 0 Å². The Kier molecular flexibility index (Phi) is 5.25. The molecule has 0 unspecified atom stereocenters. The lowest BCUT2D eigenvalue weighted by molar-refractivity contribution is 0.394. The minimum atomic E-state index is 0.394. The van der Waals surface area contributed by atoms with Crippen molar-refractivity contribution in [3.05, 3.63) is 35.7 Å². The van der Waals surface area contributed by atoms with Gasteiger partial charge >= 0.3 is 0 Å². The van der Waals surface area contributed by atoms with Crippen LogP contribution in [0.2, 0.25) is 5.15 Å². The third-order valence-electron chi connectivity index (χ3n) is 4.13. The largest absolute Gasteiger partial charge is 0.497 e. The van der Waals surface area contributed by atoms with Crippen molar-refractivity contribution in [3.8, 4) is 11.5 Å². The lowest BCUT2D eigenvalue weighted by Gasteiger charge is -2.33. The van der Waals surface area contributed by atoms with Crippen molar-refractivity contribution in [2.45, 2.75) is 18.9 Å². The number of nitrogens with one attached hydrogen (secondary N) is 1. The van der Waals surface area contributed by atoms with Gasteiger partial charge in [0.25, 0.3) is 0 Å². The standard InChI is InChI=1S/C17H21ClN4O2/c1-23-14-7-13(8-15(9-14)24-2)20-12-3-5-22(6-4-12)17-11-19-10-16(18)21-17/h7-12,20H,3-6H2,1-2H3. The molecule has 1 aromatic carbocycles. The molecule has 7 heteroatoms. The second-order valence-corrected chi connectivity index (χ2v) is 6.09. The summed E-state index contributed by atoms with van der Waals surface area (Å²) >= 11 is 5.92. The third-order valence-corrected chi connectivity index (χ3v) is 4.32. The molecule has 1 aliphatic rings. The first kappa shape index (κ1) is 16.6. The molecule has 6 nitrogen and oxygen atoms in total. The Balaban J connectivity index is 1.61. The summed E-state index contributed by atoms with van der Waals surface area (Å²) in [6.07, 6.45) is 5.32. The van der Waals surface area contributed by atoms with E-state index in [4.69, 9.17) is 21.1 Å². The van der Waals surface area contributed by atoms with Gasteiger partial charge in [-0.05, 0) is 12.8 Å². The van der Waals surface area contributed by atoms with E-state index in [2.05, 4.69) is 20.2 Å². The predicted octanol–water partition coefficient (Wildman–Crippen LogP) is 3.23. The third kappa shape index (κ3) is 4.00. The fraction of sp³-hybridized carbons (Fsp3) is 0.412. The van der Waals surface area contributed by atoms with Gasteiger partial charge in [0.1, 0.15) is 22.5 Å². The van der Waals surface area contributed by atoms with Crippen LogP contribution in [0.25, 0.3) is 0 Å². The van der Waals surface area contributed by atoms with Crippen molar-refractivity contribution in [1.82, 2.24) is 9.97 Å². The van der Waals surface area contributed by atoms with Crippen LogP contribution in [0, 0.1) is 0 Å². The number of ether oxygens (including phenoxy) is 2. The first-order valence-electron chi connectivity index (χ1n) is 7.90. The SMILES string of the molecule is COc1cc(NC2CCN(c3cncc(Cl)n3)CC2)cc(OC)c1. The maximum atomic E-state index is 5.92. The number of piperidine rings is 1. The summed E-state index contributed by atoms with van der Waals surface area (Å²) in [6.45, 7) is 1.82. The molecule has 3 rings (SSSR count). The highest BCUT2D eigenvalue weighted by molar-refractivity contribution is 6.29. The van der Waals surface area contributed by atoms with E-state index in [0.717, 1.165) is 48.9 Å². The van der Waals surface area contributed by atoms with Crippen molar-refractivity contribution in [3.63, 3.8) is 0 Å². The molecule has 1 aromatic heterocycles. The molecule has 0 radical (unpaired) electrons. The first-order chi connectivity index (χ1) is 11.7.